The second-order valence-electron chi connectivity index (χ2n) is 7.84. The van der Waals surface area contributed by atoms with Crippen LogP contribution in [0.25, 0.3) is 0 Å². The minimum atomic E-state index is -0.434. The Labute approximate surface area is 128 Å². The molecule has 1 aliphatic rings. The Balaban J connectivity index is 2.44. The van der Waals surface area contributed by atoms with Gasteiger partial charge in [-0.2, -0.15) is 0 Å². The molecule has 1 aromatic carbocycles. The fraction of sp³-hybridized carbons (Fsp3) is 0.588. The van der Waals surface area contributed by atoms with Gasteiger partial charge in [0.2, 0.25) is 0 Å². The van der Waals surface area contributed by atoms with Crippen LogP contribution in [-0.4, -0.2) is 24.6 Å². The Morgan fingerprint density at radius 2 is 1.52 bits per heavy atom. The van der Waals surface area contributed by atoms with Crippen LogP contribution in [0.3, 0.4) is 0 Å². The van der Waals surface area contributed by atoms with Crippen LogP contribution in [0, 0.1) is 0 Å². The van der Waals surface area contributed by atoms with Crippen molar-refractivity contribution in [1.29, 1.82) is 0 Å². The van der Waals surface area contributed by atoms with Crippen molar-refractivity contribution in [3.63, 3.8) is 0 Å². The van der Waals surface area contributed by atoms with Crippen molar-refractivity contribution >= 4 is 18.9 Å². The molecule has 0 atom stereocenters. The van der Waals surface area contributed by atoms with Crippen molar-refractivity contribution in [2.24, 2.45) is 0 Å². The number of hydrogen-bond donors (Lipinski definition) is 0. The van der Waals surface area contributed by atoms with Crippen molar-refractivity contribution < 1.29 is 14.1 Å². The molecule has 1 fully saturated rings. The van der Waals surface area contributed by atoms with Crippen LogP contribution in [0.15, 0.2) is 18.2 Å². The predicted octanol–water partition coefficient (Wildman–Crippen LogP) is 3.10. The van der Waals surface area contributed by atoms with Crippen LogP contribution in [-0.2, 0) is 14.7 Å². The van der Waals surface area contributed by atoms with Gasteiger partial charge >= 0.3 is 7.12 Å². The van der Waals surface area contributed by atoms with Crippen LogP contribution in [0.4, 0.5) is 0 Å². The van der Waals surface area contributed by atoms with Gasteiger partial charge in [-0.3, -0.25) is 4.79 Å². The Bertz CT molecular complexity index is 540. The molecule has 2 rings (SSSR count). The Kier molecular flexibility index (Phi) is 3.84. The first-order chi connectivity index (χ1) is 9.46. The molecule has 0 aliphatic carbocycles. The van der Waals surface area contributed by atoms with E-state index in [9.17, 15) is 4.79 Å². The molecule has 0 N–H and O–H groups in total. The predicted molar refractivity (Wildman–Crippen MR) is 86.2 cm³/mol. The van der Waals surface area contributed by atoms with Crippen LogP contribution < -0.4 is 5.46 Å². The molecule has 21 heavy (non-hydrogen) atoms. The number of hydrogen-bond acceptors (Lipinski definition) is 3. The highest BCUT2D eigenvalue weighted by Crippen LogP contribution is 2.36. The van der Waals surface area contributed by atoms with E-state index in [1.165, 1.54) is 0 Å². The first-order valence-electron chi connectivity index (χ1n) is 7.42. The van der Waals surface area contributed by atoms with Gasteiger partial charge in [0.25, 0.3) is 0 Å². The molecule has 0 unspecified atom stereocenters. The molecule has 3 nitrogen and oxygen atoms in total. The largest absolute Gasteiger partial charge is 0.494 e. The van der Waals surface area contributed by atoms with Gasteiger partial charge in [0.15, 0.2) is 0 Å². The highest BCUT2D eigenvalue weighted by Gasteiger charge is 2.51. The molecule has 0 amide bonds. The molecule has 0 aromatic heterocycles. The summed E-state index contributed by atoms with van der Waals surface area (Å²) in [4.78, 5) is 11.2. The first kappa shape index (κ1) is 16.2. The molecular formula is C17H25BO3. The topological polar surface area (TPSA) is 35.5 Å². The number of carbonyl (C=O) groups is 1. The molecule has 0 radical (unpaired) electrons. The van der Waals surface area contributed by atoms with Crippen molar-refractivity contribution in [1.82, 2.24) is 0 Å². The fourth-order valence-corrected chi connectivity index (χ4v) is 2.29. The lowest BCUT2D eigenvalue weighted by Gasteiger charge is -2.32. The third-order valence-corrected chi connectivity index (χ3v) is 4.51. The average Bonchev–Trinajstić information content (AvgIpc) is 2.57. The number of carbonyl (C=O) groups excluding carboxylic acids is 1. The molecule has 4 heteroatoms. The van der Waals surface area contributed by atoms with E-state index in [1.54, 1.807) is 0 Å². The lowest BCUT2D eigenvalue weighted by atomic mass is 9.74. The normalized spacial score (nSPS) is 20.6. The van der Waals surface area contributed by atoms with E-state index in [2.05, 4.69) is 26.8 Å². The monoisotopic (exact) mass is 288 g/mol. The molecule has 1 aliphatic heterocycles. The summed E-state index contributed by atoms with van der Waals surface area (Å²) in [6.07, 6.45) is 0.879. The summed E-state index contributed by atoms with van der Waals surface area (Å²) in [7, 11) is -0.434. The zero-order valence-corrected chi connectivity index (χ0v) is 14.1. The Morgan fingerprint density at radius 1 is 1.00 bits per heavy atom. The summed E-state index contributed by atoms with van der Waals surface area (Å²) < 4.78 is 12.2. The van der Waals surface area contributed by atoms with E-state index >= 15 is 0 Å². The van der Waals surface area contributed by atoms with E-state index in [0.717, 1.165) is 17.3 Å². The maximum Gasteiger partial charge on any atom is 0.494 e. The number of rotatable bonds is 2. The van der Waals surface area contributed by atoms with Crippen LogP contribution in [0.5, 0.6) is 0 Å². The lowest BCUT2D eigenvalue weighted by molar-refractivity contribution is 0.00578. The zero-order valence-electron chi connectivity index (χ0n) is 14.1. The quantitative estimate of drug-likeness (QED) is 0.619. The third kappa shape index (κ3) is 3.07. The van der Waals surface area contributed by atoms with Gasteiger partial charge in [-0.25, -0.2) is 0 Å². The van der Waals surface area contributed by atoms with Crippen molar-refractivity contribution in [3.8, 4) is 0 Å². The Hall–Kier alpha value is -1.13. The maximum absolute atomic E-state index is 11.2. The van der Waals surface area contributed by atoms with E-state index < -0.39 is 7.12 Å². The van der Waals surface area contributed by atoms with Gasteiger partial charge in [0.05, 0.1) is 11.2 Å². The smallest absolute Gasteiger partial charge is 0.399 e. The summed E-state index contributed by atoms with van der Waals surface area (Å²) in [5.74, 6) is 0. The third-order valence-electron chi connectivity index (χ3n) is 4.51. The standard InChI is InChI=1S/C17H25BO3/c1-15(2,3)13-8-12(11-19)9-14(10-13)18-20-16(4,5)17(6,7)21-18/h8-11H,1-7H3. The second-order valence-corrected chi connectivity index (χ2v) is 7.84. The number of aldehydes is 1. The van der Waals surface area contributed by atoms with Gasteiger partial charge in [-0.1, -0.05) is 32.9 Å². The first-order valence-corrected chi connectivity index (χ1v) is 7.42. The Morgan fingerprint density at radius 3 is 1.95 bits per heavy atom. The minimum absolute atomic E-state index is 0.0303. The average molecular weight is 288 g/mol. The van der Waals surface area contributed by atoms with Gasteiger partial charge < -0.3 is 9.31 Å². The van der Waals surface area contributed by atoms with Crippen molar-refractivity contribution in [2.75, 3.05) is 0 Å². The second kappa shape index (κ2) is 4.96. The molecule has 114 valence electrons. The van der Waals surface area contributed by atoms with Gasteiger partial charge in [-0.15, -0.1) is 0 Å². The van der Waals surface area contributed by atoms with E-state index in [-0.39, 0.29) is 16.6 Å². The number of benzene rings is 1. The molecule has 1 heterocycles. The summed E-state index contributed by atoms with van der Waals surface area (Å²) in [6, 6.07) is 5.86. The zero-order chi connectivity index (χ0) is 16.1. The van der Waals surface area contributed by atoms with Crippen LogP contribution >= 0.6 is 0 Å². The minimum Gasteiger partial charge on any atom is -0.399 e. The van der Waals surface area contributed by atoms with Gasteiger partial charge in [0.1, 0.15) is 6.29 Å². The highest BCUT2D eigenvalue weighted by molar-refractivity contribution is 6.62. The van der Waals surface area contributed by atoms with E-state index in [1.807, 2.05) is 39.8 Å². The SMILES string of the molecule is CC(C)(C)c1cc(C=O)cc(B2OC(C)(C)C(C)(C)O2)c1. The van der Waals surface area contributed by atoms with E-state index in [4.69, 9.17) is 9.31 Å². The lowest BCUT2D eigenvalue weighted by Crippen LogP contribution is -2.41. The van der Waals surface area contributed by atoms with E-state index in [0.29, 0.717) is 5.56 Å². The van der Waals surface area contributed by atoms with Gasteiger partial charge in [-0.05, 0) is 50.2 Å². The van der Waals surface area contributed by atoms with Crippen molar-refractivity contribution in [3.05, 3.63) is 29.3 Å². The molecule has 0 spiro atoms. The summed E-state index contributed by atoms with van der Waals surface area (Å²) >= 11 is 0. The highest BCUT2D eigenvalue weighted by atomic mass is 16.7. The summed E-state index contributed by atoms with van der Waals surface area (Å²) in [5.41, 5.74) is 1.89. The molecule has 0 saturated carbocycles. The van der Waals surface area contributed by atoms with Crippen LogP contribution in [0.1, 0.15) is 64.4 Å². The van der Waals surface area contributed by atoms with Crippen molar-refractivity contribution in [2.45, 2.75) is 65.1 Å². The molecule has 1 saturated heterocycles. The maximum atomic E-state index is 11.2. The molecule has 1 aromatic rings. The molecular weight excluding hydrogens is 263 g/mol. The summed E-state index contributed by atoms with van der Waals surface area (Å²) in [6.45, 7) is 14.5. The van der Waals surface area contributed by atoms with Gasteiger partial charge in [0, 0.05) is 5.56 Å². The summed E-state index contributed by atoms with van der Waals surface area (Å²) in [5, 5.41) is 0. The molecule has 0 bridgehead atoms. The van der Waals surface area contributed by atoms with Crippen LogP contribution in [0.2, 0.25) is 0 Å². The fourth-order valence-electron chi connectivity index (χ4n) is 2.29.